The van der Waals surface area contributed by atoms with Crippen molar-refractivity contribution >= 4 is 12.1 Å². The van der Waals surface area contributed by atoms with E-state index in [0.29, 0.717) is 6.61 Å². The van der Waals surface area contributed by atoms with Crippen LogP contribution in [0.1, 0.15) is 69.4 Å². The van der Waals surface area contributed by atoms with Crippen molar-refractivity contribution in [2.75, 3.05) is 0 Å². The van der Waals surface area contributed by atoms with Gasteiger partial charge < -0.3 is 19.9 Å². The fraction of sp³-hybridized carbons (Fsp3) is 0.481. The van der Waals surface area contributed by atoms with Crippen molar-refractivity contribution in [1.82, 2.24) is 5.32 Å². The van der Waals surface area contributed by atoms with Crippen molar-refractivity contribution in [3.8, 4) is 5.75 Å². The SMILES string of the molecule is Cc1cc(OCc2ccc(C(C)(C)C)cc2)cc(C)c1C[C@H](NC(=O)OC(C)(C)C)C(=O)O. The highest BCUT2D eigenvalue weighted by Crippen LogP contribution is 2.25. The second-order valence-electron chi connectivity index (χ2n) is 10.5. The Labute approximate surface area is 197 Å². The van der Waals surface area contributed by atoms with E-state index in [1.807, 2.05) is 26.0 Å². The van der Waals surface area contributed by atoms with Gasteiger partial charge in [-0.1, -0.05) is 45.0 Å². The molecule has 0 fully saturated rings. The number of benzene rings is 2. The number of hydrogen-bond donors (Lipinski definition) is 2. The number of carboxylic acid groups (broad SMARTS) is 1. The molecule has 1 atom stereocenters. The van der Waals surface area contributed by atoms with Crippen LogP contribution in [0.2, 0.25) is 0 Å². The average Bonchev–Trinajstić information content (AvgIpc) is 2.66. The third-order valence-corrected chi connectivity index (χ3v) is 5.29. The molecule has 0 bridgehead atoms. The second-order valence-corrected chi connectivity index (χ2v) is 10.5. The number of ether oxygens (including phenoxy) is 2. The third-order valence-electron chi connectivity index (χ3n) is 5.29. The predicted molar refractivity (Wildman–Crippen MR) is 130 cm³/mol. The second kappa shape index (κ2) is 10.3. The maximum absolute atomic E-state index is 12.1. The zero-order valence-corrected chi connectivity index (χ0v) is 21.0. The van der Waals surface area contributed by atoms with E-state index in [9.17, 15) is 14.7 Å². The quantitative estimate of drug-likeness (QED) is 0.559. The van der Waals surface area contributed by atoms with Gasteiger partial charge in [-0.05, 0) is 80.0 Å². The lowest BCUT2D eigenvalue weighted by Crippen LogP contribution is -2.44. The maximum Gasteiger partial charge on any atom is 0.408 e. The molecule has 0 unspecified atom stereocenters. The first-order chi connectivity index (χ1) is 15.2. The van der Waals surface area contributed by atoms with Gasteiger partial charge in [-0.2, -0.15) is 0 Å². The number of aliphatic carboxylic acids is 1. The molecule has 2 aromatic rings. The molecule has 0 saturated carbocycles. The average molecular weight is 456 g/mol. The molecule has 33 heavy (non-hydrogen) atoms. The van der Waals surface area contributed by atoms with Gasteiger partial charge in [0, 0.05) is 6.42 Å². The number of aryl methyl sites for hydroxylation is 2. The van der Waals surface area contributed by atoms with E-state index in [1.54, 1.807) is 20.8 Å². The lowest BCUT2D eigenvalue weighted by Gasteiger charge is -2.23. The standard InChI is InChI=1S/C27H37NO5/c1-17-13-21(32-16-19-9-11-20(12-10-19)26(3,4)5)14-18(2)22(17)15-23(24(29)30)28-25(31)33-27(6,7)8/h9-14,23H,15-16H2,1-8H3,(H,28,31)(H,29,30)/t23-/m0/s1. The molecule has 0 aliphatic heterocycles. The van der Waals surface area contributed by atoms with Gasteiger partial charge >= 0.3 is 12.1 Å². The summed E-state index contributed by atoms with van der Waals surface area (Å²) in [6.45, 7) is 16.0. The molecule has 2 N–H and O–H groups in total. The number of carbonyl (C=O) groups excluding carboxylic acids is 1. The van der Waals surface area contributed by atoms with Crippen LogP contribution >= 0.6 is 0 Å². The maximum atomic E-state index is 12.1. The number of amides is 1. The Morgan fingerprint density at radius 1 is 0.970 bits per heavy atom. The normalized spacial score (nSPS) is 12.7. The predicted octanol–water partition coefficient (Wildman–Crippen LogP) is 5.70. The Balaban J connectivity index is 2.09. The summed E-state index contributed by atoms with van der Waals surface area (Å²) < 4.78 is 11.2. The largest absolute Gasteiger partial charge is 0.489 e. The first-order valence-corrected chi connectivity index (χ1v) is 11.2. The summed E-state index contributed by atoms with van der Waals surface area (Å²) in [5.74, 6) is -0.390. The summed E-state index contributed by atoms with van der Waals surface area (Å²) >= 11 is 0. The lowest BCUT2D eigenvalue weighted by atomic mass is 9.87. The van der Waals surface area contributed by atoms with E-state index >= 15 is 0 Å². The topological polar surface area (TPSA) is 84.9 Å². The van der Waals surface area contributed by atoms with Gasteiger partial charge in [0.05, 0.1) is 0 Å². The van der Waals surface area contributed by atoms with E-state index in [0.717, 1.165) is 28.0 Å². The minimum absolute atomic E-state index is 0.107. The van der Waals surface area contributed by atoms with Crippen molar-refractivity contribution in [3.05, 3.63) is 64.2 Å². The van der Waals surface area contributed by atoms with Crippen molar-refractivity contribution in [2.45, 2.75) is 85.5 Å². The summed E-state index contributed by atoms with van der Waals surface area (Å²) in [6, 6.07) is 11.1. The smallest absolute Gasteiger partial charge is 0.408 e. The van der Waals surface area contributed by atoms with E-state index in [4.69, 9.17) is 9.47 Å². The molecule has 180 valence electrons. The van der Waals surface area contributed by atoms with Crippen molar-refractivity contribution in [3.63, 3.8) is 0 Å². The van der Waals surface area contributed by atoms with E-state index in [-0.39, 0.29) is 11.8 Å². The Morgan fingerprint density at radius 2 is 1.52 bits per heavy atom. The van der Waals surface area contributed by atoms with Gasteiger partial charge in [-0.15, -0.1) is 0 Å². The van der Waals surface area contributed by atoms with Crippen LogP contribution in [0.3, 0.4) is 0 Å². The van der Waals surface area contributed by atoms with Crippen LogP contribution in [0.15, 0.2) is 36.4 Å². The molecule has 0 spiro atoms. The first kappa shape index (κ1) is 26.2. The Bertz CT molecular complexity index is 958. The van der Waals surface area contributed by atoms with E-state index in [2.05, 4.69) is 50.4 Å². The molecule has 6 heteroatoms. The summed E-state index contributed by atoms with van der Waals surface area (Å²) in [6.07, 6.45) is -0.594. The third kappa shape index (κ3) is 8.12. The minimum Gasteiger partial charge on any atom is -0.489 e. The minimum atomic E-state index is -1.11. The molecule has 6 nitrogen and oxygen atoms in total. The first-order valence-electron chi connectivity index (χ1n) is 11.2. The molecule has 0 heterocycles. The van der Waals surface area contributed by atoms with E-state index < -0.39 is 23.7 Å². The fourth-order valence-electron chi connectivity index (χ4n) is 3.48. The number of hydrogen-bond acceptors (Lipinski definition) is 4. The van der Waals surface area contributed by atoms with Crippen LogP contribution in [0.4, 0.5) is 4.79 Å². The molecule has 2 rings (SSSR count). The van der Waals surface area contributed by atoms with Crippen molar-refractivity contribution < 1.29 is 24.2 Å². The molecule has 0 radical (unpaired) electrons. The summed E-state index contributed by atoms with van der Waals surface area (Å²) in [5, 5.41) is 12.1. The zero-order chi connectivity index (χ0) is 25.0. The van der Waals surface area contributed by atoms with Gasteiger partial charge in [0.2, 0.25) is 0 Å². The number of carbonyl (C=O) groups is 2. The highest BCUT2D eigenvalue weighted by atomic mass is 16.6. The Kier molecular flexibility index (Phi) is 8.17. The lowest BCUT2D eigenvalue weighted by molar-refractivity contribution is -0.139. The zero-order valence-electron chi connectivity index (χ0n) is 21.0. The molecule has 0 saturated heterocycles. The highest BCUT2D eigenvalue weighted by Gasteiger charge is 2.25. The van der Waals surface area contributed by atoms with Crippen LogP contribution in [0.25, 0.3) is 0 Å². The number of carboxylic acids is 1. The van der Waals surface area contributed by atoms with Crippen molar-refractivity contribution in [2.24, 2.45) is 0 Å². The van der Waals surface area contributed by atoms with Crippen LogP contribution in [-0.4, -0.2) is 28.8 Å². The van der Waals surface area contributed by atoms with Crippen molar-refractivity contribution in [1.29, 1.82) is 0 Å². The molecular formula is C27H37NO5. The van der Waals surface area contributed by atoms with Crippen LogP contribution in [0.5, 0.6) is 5.75 Å². The molecule has 0 aliphatic rings. The Morgan fingerprint density at radius 3 is 1.97 bits per heavy atom. The van der Waals surface area contributed by atoms with Gasteiger partial charge in [0.1, 0.15) is 24.0 Å². The van der Waals surface area contributed by atoms with Gasteiger partial charge in [0.15, 0.2) is 0 Å². The summed E-state index contributed by atoms with van der Waals surface area (Å²) in [5.41, 5.74) is 4.43. The molecule has 0 aliphatic carbocycles. The van der Waals surface area contributed by atoms with Gasteiger partial charge in [-0.25, -0.2) is 9.59 Å². The fourth-order valence-corrected chi connectivity index (χ4v) is 3.48. The monoisotopic (exact) mass is 455 g/mol. The summed E-state index contributed by atoms with van der Waals surface area (Å²) in [7, 11) is 0. The van der Waals surface area contributed by atoms with E-state index in [1.165, 1.54) is 5.56 Å². The molecule has 0 aromatic heterocycles. The molecule has 2 aromatic carbocycles. The van der Waals surface area contributed by atoms with Gasteiger partial charge in [-0.3, -0.25) is 0 Å². The number of rotatable bonds is 7. The summed E-state index contributed by atoms with van der Waals surface area (Å²) in [4.78, 5) is 23.8. The van der Waals surface area contributed by atoms with Crippen LogP contribution < -0.4 is 10.1 Å². The van der Waals surface area contributed by atoms with Gasteiger partial charge in [0.25, 0.3) is 0 Å². The van der Waals surface area contributed by atoms with Crippen LogP contribution in [0, 0.1) is 13.8 Å². The number of alkyl carbamates (subject to hydrolysis) is 1. The highest BCUT2D eigenvalue weighted by molar-refractivity contribution is 5.80. The molecule has 1 amide bonds. The van der Waals surface area contributed by atoms with Crippen LogP contribution in [-0.2, 0) is 28.0 Å². The molecular weight excluding hydrogens is 418 g/mol. The number of nitrogens with one attached hydrogen (secondary N) is 1. The Hall–Kier alpha value is -3.02.